The number of rotatable bonds is 13. The molecular formula is C36H44N2. The van der Waals surface area contributed by atoms with Crippen LogP contribution in [-0.4, -0.2) is 9.97 Å². The number of hydrogen-bond donors (Lipinski definition) is 0. The van der Waals surface area contributed by atoms with Gasteiger partial charge < -0.3 is 0 Å². The summed E-state index contributed by atoms with van der Waals surface area (Å²) in [5, 5.41) is 0. The summed E-state index contributed by atoms with van der Waals surface area (Å²) in [7, 11) is 0. The topological polar surface area (TPSA) is 25.8 Å². The number of aromatic nitrogens is 2. The van der Waals surface area contributed by atoms with Gasteiger partial charge in [0.15, 0.2) is 0 Å². The van der Waals surface area contributed by atoms with Gasteiger partial charge in [-0.15, -0.1) is 0 Å². The summed E-state index contributed by atoms with van der Waals surface area (Å²) >= 11 is 0. The van der Waals surface area contributed by atoms with Crippen molar-refractivity contribution in [2.75, 3.05) is 0 Å². The number of hydrogen-bond acceptors (Lipinski definition) is 2. The molecule has 2 nitrogen and oxygen atoms in total. The van der Waals surface area contributed by atoms with Crippen molar-refractivity contribution in [3.05, 3.63) is 95.3 Å². The van der Waals surface area contributed by atoms with Crippen LogP contribution in [0.5, 0.6) is 0 Å². The minimum absolute atomic E-state index is 1.04. The Labute approximate surface area is 230 Å². The molecule has 38 heavy (non-hydrogen) atoms. The van der Waals surface area contributed by atoms with Crippen molar-refractivity contribution >= 4 is 0 Å². The molecule has 0 N–H and O–H groups in total. The first-order valence-electron chi connectivity index (χ1n) is 14.7. The van der Waals surface area contributed by atoms with Crippen LogP contribution in [0.3, 0.4) is 0 Å². The van der Waals surface area contributed by atoms with E-state index in [1.807, 2.05) is 6.20 Å². The van der Waals surface area contributed by atoms with Crippen molar-refractivity contribution in [1.29, 1.82) is 0 Å². The third-order valence-corrected chi connectivity index (χ3v) is 7.63. The van der Waals surface area contributed by atoms with Gasteiger partial charge in [-0.3, -0.25) is 9.97 Å². The average molecular weight is 505 g/mol. The highest BCUT2D eigenvalue weighted by atomic mass is 14.7. The van der Waals surface area contributed by atoms with E-state index >= 15 is 0 Å². The van der Waals surface area contributed by atoms with Crippen LogP contribution in [0.1, 0.15) is 87.5 Å². The first-order valence-corrected chi connectivity index (χ1v) is 14.7. The van der Waals surface area contributed by atoms with Gasteiger partial charge in [0, 0.05) is 29.1 Å². The molecule has 2 heterocycles. The largest absolute Gasteiger partial charge is 0.256 e. The van der Waals surface area contributed by atoms with E-state index in [0.717, 1.165) is 24.2 Å². The van der Waals surface area contributed by atoms with Crippen LogP contribution in [0, 0.1) is 13.8 Å². The second kappa shape index (κ2) is 14.0. The number of pyridine rings is 2. The van der Waals surface area contributed by atoms with Crippen LogP contribution in [-0.2, 0) is 12.8 Å². The molecule has 0 atom stereocenters. The Kier molecular flexibility index (Phi) is 10.3. The molecule has 0 unspecified atom stereocenters. The molecule has 0 fully saturated rings. The van der Waals surface area contributed by atoms with Crippen LogP contribution >= 0.6 is 0 Å². The molecule has 2 aromatic carbocycles. The Bertz CT molecular complexity index is 1290. The van der Waals surface area contributed by atoms with Crippen LogP contribution < -0.4 is 0 Å². The van der Waals surface area contributed by atoms with Gasteiger partial charge >= 0.3 is 0 Å². The third kappa shape index (κ3) is 7.40. The summed E-state index contributed by atoms with van der Waals surface area (Å²) < 4.78 is 0. The van der Waals surface area contributed by atoms with E-state index in [4.69, 9.17) is 4.98 Å². The molecule has 4 rings (SSSR count). The van der Waals surface area contributed by atoms with E-state index in [1.165, 1.54) is 95.9 Å². The summed E-state index contributed by atoms with van der Waals surface area (Å²) in [5.41, 5.74) is 12.4. The van der Waals surface area contributed by atoms with Crippen molar-refractivity contribution < 1.29 is 0 Å². The van der Waals surface area contributed by atoms with E-state index in [-0.39, 0.29) is 0 Å². The maximum atomic E-state index is 4.93. The molecule has 2 aromatic heterocycles. The van der Waals surface area contributed by atoms with E-state index in [0.29, 0.717) is 0 Å². The van der Waals surface area contributed by atoms with Crippen LogP contribution in [0.25, 0.3) is 33.6 Å². The van der Waals surface area contributed by atoms with E-state index in [1.54, 1.807) is 0 Å². The number of aryl methyl sites for hydroxylation is 4. The fraction of sp³-hybridized carbons (Fsp3) is 0.389. The van der Waals surface area contributed by atoms with Gasteiger partial charge in [0.2, 0.25) is 0 Å². The van der Waals surface area contributed by atoms with Crippen molar-refractivity contribution in [2.24, 2.45) is 0 Å². The summed E-state index contributed by atoms with van der Waals surface area (Å²) in [6.07, 6.45) is 16.5. The van der Waals surface area contributed by atoms with E-state index in [9.17, 15) is 0 Å². The maximum absolute atomic E-state index is 4.93. The van der Waals surface area contributed by atoms with Gasteiger partial charge in [-0.25, -0.2) is 0 Å². The normalized spacial score (nSPS) is 11.2. The predicted octanol–water partition coefficient (Wildman–Crippen LogP) is 10.3. The third-order valence-electron chi connectivity index (χ3n) is 7.63. The molecular weight excluding hydrogens is 460 g/mol. The minimum atomic E-state index is 1.04. The van der Waals surface area contributed by atoms with Gasteiger partial charge in [-0.2, -0.15) is 0 Å². The first-order chi connectivity index (χ1) is 18.6. The zero-order valence-corrected chi connectivity index (χ0v) is 23.9. The molecule has 198 valence electrons. The second-order valence-corrected chi connectivity index (χ2v) is 10.8. The standard InChI is InChI=1S/C36H44N2/c1-5-7-9-11-13-29-23-31(17-16-28(29)4)36-22-19-33(26-38-36)34-20-18-32(35-21-15-27(3)25-37-35)24-30(34)14-12-10-8-6-2/h15-26H,5-14H2,1-4H3. The van der Waals surface area contributed by atoms with E-state index < -0.39 is 0 Å². The molecule has 4 aromatic rings. The van der Waals surface area contributed by atoms with Crippen LogP contribution in [0.2, 0.25) is 0 Å². The van der Waals surface area contributed by atoms with Crippen molar-refractivity contribution in [2.45, 2.75) is 91.9 Å². The van der Waals surface area contributed by atoms with Gasteiger partial charge in [-0.1, -0.05) is 88.8 Å². The van der Waals surface area contributed by atoms with Gasteiger partial charge in [0.25, 0.3) is 0 Å². The number of benzene rings is 2. The predicted molar refractivity (Wildman–Crippen MR) is 164 cm³/mol. The summed E-state index contributed by atoms with van der Waals surface area (Å²) in [5.74, 6) is 0. The lowest BCUT2D eigenvalue weighted by Gasteiger charge is -2.13. The minimum Gasteiger partial charge on any atom is -0.256 e. The monoisotopic (exact) mass is 504 g/mol. The highest BCUT2D eigenvalue weighted by Crippen LogP contribution is 2.31. The zero-order valence-electron chi connectivity index (χ0n) is 23.9. The number of unbranched alkanes of at least 4 members (excludes halogenated alkanes) is 6. The highest BCUT2D eigenvalue weighted by molar-refractivity contribution is 5.73. The molecule has 0 bridgehead atoms. The molecule has 0 saturated carbocycles. The summed E-state index contributed by atoms with van der Waals surface area (Å²) in [6, 6.07) is 22.4. The van der Waals surface area contributed by atoms with Gasteiger partial charge in [0.1, 0.15) is 0 Å². The SMILES string of the molecule is CCCCCCc1cc(-c2ccc(-c3ccc(-c4ccc(C)cn4)cc3CCCCCC)cn2)ccc1C. The summed E-state index contributed by atoms with van der Waals surface area (Å²) in [6.45, 7) is 8.85. The molecule has 0 aliphatic heterocycles. The molecule has 0 radical (unpaired) electrons. The quantitative estimate of drug-likeness (QED) is 0.169. The van der Waals surface area contributed by atoms with Gasteiger partial charge in [0.05, 0.1) is 11.4 Å². The summed E-state index contributed by atoms with van der Waals surface area (Å²) in [4.78, 5) is 9.61. The molecule has 0 spiro atoms. The molecule has 2 heteroatoms. The smallest absolute Gasteiger partial charge is 0.0702 e. The molecule has 0 aliphatic rings. The number of nitrogens with zero attached hydrogens (tertiary/aromatic N) is 2. The molecule has 0 aliphatic carbocycles. The Hall–Kier alpha value is -3.26. The van der Waals surface area contributed by atoms with Crippen molar-refractivity contribution in [3.63, 3.8) is 0 Å². The lowest BCUT2D eigenvalue weighted by Crippen LogP contribution is -1.95. The Balaban J connectivity index is 1.58. The lowest BCUT2D eigenvalue weighted by atomic mass is 9.93. The van der Waals surface area contributed by atoms with Crippen molar-refractivity contribution in [3.8, 4) is 33.6 Å². The fourth-order valence-electron chi connectivity index (χ4n) is 5.19. The Morgan fingerprint density at radius 2 is 1.11 bits per heavy atom. The highest BCUT2D eigenvalue weighted by Gasteiger charge is 2.11. The average Bonchev–Trinajstić information content (AvgIpc) is 2.95. The fourth-order valence-corrected chi connectivity index (χ4v) is 5.19. The maximum Gasteiger partial charge on any atom is 0.0702 e. The lowest BCUT2D eigenvalue weighted by molar-refractivity contribution is 0.666. The van der Waals surface area contributed by atoms with Crippen LogP contribution in [0.4, 0.5) is 0 Å². The zero-order chi connectivity index (χ0) is 26.7. The Morgan fingerprint density at radius 3 is 1.71 bits per heavy atom. The first kappa shape index (κ1) is 27.8. The van der Waals surface area contributed by atoms with Gasteiger partial charge in [-0.05, 0) is 91.6 Å². The Morgan fingerprint density at radius 1 is 0.526 bits per heavy atom. The molecule has 0 amide bonds. The van der Waals surface area contributed by atoms with Crippen molar-refractivity contribution in [1.82, 2.24) is 9.97 Å². The van der Waals surface area contributed by atoms with Crippen LogP contribution in [0.15, 0.2) is 73.1 Å². The second-order valence-electron chi connectivity index (χ2n) is 10.8. The molecule has 0 saturated heterocycles. The van der Waals surface area contributed by atoms with E-state index in [2.05, 4.69) is 99.5 Å².